The van der Waals surface area contributed by atoms with Gasteiger partial charge >= 0.3 is 0 Å². The van der Waals surface area contributed by atoms with Gasteiger partial charge in [0.05, 0.1) is 17.4 Å². The molecule has 0 amide bonds. The number of phenols is 1. The van der Waals surface area contributed by atoms with Crippen LogP contribution in [0.2, 0.25) is 5.02 Å². The van der Waals surface area contributed by atoms with Crippen LogP contribution in [0.1, 0.15) is 48.4 Å². The van der Waals surface area contributed by atoms with E-state index in [0.29, 0.717) is 22.6 Å². The van der Waals surface area contributed by atoms with Crippen LogP contribution < -0.4 is 10.6 Å². The summed E-state index contributed by atoms with van der Waals surface area (Å²) in [6.45, 7) is 2.14. The monoisotopic (exact) mass is 444 g/mol. The Bertz CT molecular complexity index is 1220. The van der Waals surface area contributed by atoms with Gasteiger partial charge in [0.1, 0.15) is 5.75 Å². The number of carbonyl (C=O) groups excluding carboxylic acids is 1. The lowest BCUT2D eigenvalue weighted by molar-refractivity contribution is -0.116. The van der Waals surface area contributed by atoms with Crippen molar-refractivity contribution in [3.05, 3.63) is 99.7 Å². The quantitative estimate of drug-likeness (QED) is 0.426. The van der Waals surface area contributed by atoms with Gasteiger partial charge in [-0.2, -0.15) is 0 Å². The first-order valence-corrected chi connectivity index (χ1v) is 11.4. The average Bonchev–Trinajstić information content (AvgIpc) is 2.97. The van der Waals surface area contributed by atoms with Gasteiger partial charge in [0.2, 0.25) is 0 Å². The number of carbonyl (C=O) groups is 1. The summed E-state index contributed by atoms with van der Waals surface area (Å²) in [5.41, 5.74) is 6.42. The summed E-state index contributed by atoms with van der Waals surface area (Å²) in [6.07, 6.45) is 2.15. The van der Waals surface area contributed by atoms with Crippen LogP contribution in [0.5, 0.6) is 5.75 Å². The van der Waals surface area contributed by atoms with Gasteiger partial charge in [-0.1, -0.05) is 54.9 Å². The SMILES string of the molecule is CCc1ccc(C2CC(=O)C3=C(C2)Nc2ccccc2NC3c2cc(Cl)ccc2O)cc1. The number of hydrogen-bond acceptors (Lipinski definition) is 4. The molecule has 5 heteroatoms. The molecule has 162 valence electrons. The maximum Gasteiger partial charge on any atom is 0.163 e. The smallest absolute Gasteiger partial charge is 0.163 e. The topological polar surface area (TPSA) is 61.4 Å². The minimum absolute atomic E-state index is 0.0769. The normalized spacial score (nSPS) is 20.0. The number of Topliss-reactive ketones (excluding diaryl/α,β-unsaturated/α-hetero) is 1. The zero-order valence-corrected chi connectivity index (χ0v) is 18.6. The second-order valence-corrected chi connectivity index (χ2v) is 8.90. The number of benzene rings is 3. The Balaban J connectivity index is 1.61. The molecule has 0 fully saturated rings. The molecule has 2 aliphatic rings. The zero-order valence-electron chi connectivity index (χ0n) is 17.9. The largest absolute Gasteiger partial charge is 0.508 e. The standard InChI is InChI=1S/C27H25ClN2O2/c1-2-16-7-9-17(10-8-16)18-13-23-26(25(32)14-18)27(20-15-19(28)11-12-24(20)31)30-22-6-4-3-5-21(22)29-23/h3-12,15,18,27,29-31H,2,13-14H2,1H3. The molecule has 4 nitrogen and oxygen atoms in total. The highest BCUT2D eigenvalue weighted by Gasteiger charge is 2.37. The summed E-state index contributed by atoms with van der Waals surface area (Å²) < 4.78 is 0. The molecule has 2 atom stereocenters. The predicted molar refractivity (Wildman–Crippen MR) is 129 cm³/mol. The number of rotatable bonds is 3. The Morgan fingerprint density at radius 1 is 1.00 bits per heavy atom. The van der Waals surface area contributed by atoms with E-state index < -0.39 is 6.04 Å². The number of allylic oxidation sites excluding steroid dienone is 1. The fraction of sp³-hybridized carbons (Fsp3) is 0.222. The van der Waals surface area contributed by atoms with Crippen LogP contribution in [0.15, 0.2) is 78.0 Å². The van der Waals surface area contributed by atoms with Crippen molar-refractivity contribution in [1.82, 2.24) is 0 Å². The van der Waals surface area contributed by atoms with Crippen LogP contribution in [-0.2, 0) is 11.2 Å². The Morgan fingerprint density at radius 3 is 2.50 bits per heavy atom. The van der Waals surface area contributed by atoms with Gasteiger partial charge in [-0.05, 0) is 60.2 Å². The summed E-state index contributed by atoms with van der Waals surface area (Å²) in [7, 11) is 0. The molecule has 3 aromatic rings. The third kappa shape index (κ3) is 3.76. The summed E-state index contributed by atoms with van der Waals surface area (Å²) in [6, 6.07) is 20.9. The van der Waals surface area contributed by atoms with Crippen LogP contribution in [0, 0.1) is 0 Å². The number of aromatic hydroxyl groups is 1. The summed E-state index contributed by atoms with van der Waals surface area (Å²) in [5.74, 6) is 0.301. The van der Waals surface area contributed by atoms with Crippen molar-refractivity contribution in [3.63, 3.8) is 0 Å². The molecule has 0 aromatic heterocycles. The molecule has 5 rings (SSSR count). The Labute approximate surface area is 192 Å². The fourth-order valence-corrected chi connectivity index (χ4v) is 4.92. The predicted octanol–water partition coefficient (Wildman–Crippen LogP) is 6.59. The van der Waals surface area contributed by atoms with Gasteiger partial charge in [0.15, 0.2) is 5.78 Å². The molecule has 0 bridgehead atoms. The second-order valence-electron chi connectivity index (χ2n) is 8.47. The lowest BCUT2D eigenvalue weighted by Crippen LogP contribution is -2.27. The van der Waals surface area contributed by atoms with E-state index in [-0.39, 0.29) is 17.5 Å². The lowest BCUT2D eigenvalue weighted by atomic mass is 9.78. The molecular weight excluding hydrogens is 420 g/mol. The second kappa shape index (κ2) is 8.36. The van der Waals surface area contributed by atoms with Gasteiger partial charge in [-0.3, -0.25) is 4.79 Å². The van der Waals surface area contributed by atoms with E-state index >= 15 is 0 Å². The molecule has 0 saturated carbocycles. The number of fused-ring (bicyclic) bond motifs is 1. The molecule has 32 heavy (non-hydrogen) atoms. The minimum Gasteiger partial charge on any atom is -0.508 e. The molecule has 3 aromatic carbocycles. The molecular formula is C27H25ClN2O2. The van der Waals surface area contributed by atoms with E-state index in [0.717, 1.165) is 29.9 Å². The van der Waals surface area contributed by atoms with Gasteiger partial charge in [0.25, 0.3) is 0 Å². The third-order valence-corrected chi connectivity index (χ3v) is 6.70. The van der Waals surface area contributed by atoms with Crippen molar-refractivity contribution in [3.8, 4) is 5.75 Å². The molecule has 0 radical (unpaired) electrons. The number of halogens is 1. The molecule has 1 heterocycles. The number of anilines is 2. The minimum atomic E-state index is -0.490. The summed E-state index contributed by atoms with van der Waals surface area (Å²) in [4.78, 5) is 13.6. The molecule has 1 aliphatic carbocycles. The van der Waals surface area contributed by atoms with E-state index in [9.17, 15) is 9.90 Å². The molecule has 0 spiro atoms. The maximum absolute atomic E-state index is 13.6. The first-order valence-electron chi connectivity index (χ1n) is 11.0. The number of phenolic OH excluding ortho intramolecular Hbond substituents is 1. The first kappa shape index (κ1) is 20.7. The van der Waals surface area contributed by atoms with E-state index in [1.807, 2.05) is 24.3 Å². The average molecular weight is 445 g/mol. The van der Waals surface area contributed by atoms with E-state index in [4.69, 9.17) is 11.6 Å². The van der Waals surface area contributed by atoms with Gasteiger partial charge in [-0.15, -0.1) is 0 Å². The number of ketones is 1. The lowest BCUT2D eigenvalue weighted by Gasteiger charge is -2.30. The molecule has 0 saturated heterocycles. The van der Waals surface area contributed by atoms with E-state index in [1.54, 1.807) is 18.2 Å². The van der Waals surface area contributed by atoms with Gasteiger partial charge in [0, 0.05) is 28.3 Å². The summed E-state index contributed by atoms with van der Waals surface area (Å²) in [5, 5.41) is 18.2. The summed E-state index contributed by atoms with van der Waals surface area (Å²) >= 11 is 6.26. The van der Waals surface area contributed by atoms with Crippen LogP contribution in [0.4, 0.5) is 11.4 Å². The highest BCUT2D eigenvalue weighted by atomic mass is 35.5. The molecule has 1 aliphatic heterocycles. The van der Waals surface area contributed by atoms with Crippen molar-refractivity contribution >= 4 is 28.8 Å². The van der Waals surface area contributed by atoms with Crippen molar-refractivity contribution in [1.29, 1.82) is 0 Å². The van der Waals surface area contributed by atoms with E-state index in [1.165, 1.54) is 11.1 Å². The van der Waals surface area contributed by atoms with Crippen molar-refractivity contribution in [2.75, 3.05) is 10.6 Å². The Morgan fingerprint density at radius 2 is 1.75 bits per heavy atom. The van der Waals surface area contributed by atoms with Crippen LogP contribution in [0.3, 0.4) is 0 Å². The first-order chi connectivity index (χ1) is 15.5. The third-order valence-electron chi connectivity index (χ3n) is 6.47. The van der Waals surface area contributed by atoms with Crippen molar-refractivity contribution in [2.45, 2.75) is 38.1 Å². The Hall–Kier alpha value is -3.24. The van der Waals surface area contributed by atoms with Gasteiger partial charge in [-0.25, -0.2) is 0 Å². The maximum atomic E-state index is 13.6. The Kier molecular flexibility index (Phi) is 5.40. The van der Waals surface area contributed by atoms with Crippen LogP contribution in [0.25, 0.3) is 0 Å². The fourth-order valence-electron chi connectivity index (χ4n) is 4.74. The number of aryl methyl sites for hydroxylation is 1. The highest BCUT2D eigenvalue weighted by Crippen LogP contribution is 2.46. The number of nitrogens with one attached hydrogen (secondary N) is 2. The van der Waals surface area contributed by atoms with E-state index in [2.05, 4.69) is 41.8 Å². The van der Waals surface area contributed by atoms with Crippen LogP contribution in [-0.4, -0.2) is 10.9 Å². The van der Waals surface area contributed by atoms with Crippen LogP contribution >= 0.6 is 11.6 Å². The zero-order chi connectivity index (χ0) is 22.2. The number of para-hydroxylation sites is 2. The van der Waals surface area contributed by atoms with Crippen molar-refractivity contribution < 1.29 is 9.90 Å². The highest BCUT2D eigenvalue weighted by molar-refractivity contribution is 6.30. The number of hydrogen-bond donors (Lipinski definition) is 3. The molecule has 2 unspecified atom stereocenters. The molecule has 3 N–H and O–H groups in total. The van der Waals surface area contributed by atoms with Crippen molar-refractivity contribution in [2.24, 2.45) is 0 Å². The van der Waals surface area contributed by atoms with Gasteiger partial charge < -0.3 is 15.7 Å².